The Hall–Kier alpha value is -2.94. The van der Waals surface area contributed by atoms with Crippen molar-refractivity contribution < 1.29 is 0 Å². The van der Waals surface area contributed by atoms with E-state index >= 15 is 0 Å². The molecule has 0 spiro atoms. The molecule has 0 saturated carbocycles. The van der Waals surface area contributed by atoms with Gasteiger partial charge in [-0.2, -0.15) is 0 Å². The van der Waals surface area contributed by atoms with Gasteiger partial charge in [0.2, 0.25) is 0 Å². The van der Waals surface area contributed by atoms with E-state index in [1.165, 1.54) is 44.7 Å². The third kappa shape index (κ3) is 3.32. The Kier molecular flexibility index (Phi) is 4.69. The van der Waals surface area contributed by atoms with Gasteiger partial charge in [0.25, 0.3) is 0 Å². The fraction of sp³-hybridized carbons (Fsp3) is 0.333. The quantitative estimate of drug-likeness (QED) is 0.518. The SMILES string of the molecule is CC(C)C1=NC=C(c2ccc3c(c2)CCc2cc(-c4cnc(C(C)C)[nH]4)ccc2-3)C1. The van der Waals surface area contributed by atoms with E-state index in [0.717, 1.165) is 30.8 Å². The Morgan fingerprint density at radius 1 is 0.833 bits per heavy atom. The zero-order chi connectivity index (χ0) is 20.8. The first-order chi connectivity index (χ1) is 14.5. The molecule has 1 aliphatic heterocycles. The summed E-state index contributed by atoms with van der Waals surface area (Å²) in [5, 5.41) is 0. The Bertz CT molecular complexity index is 1170. The Morgan fingerprint density at radius 2 is 1.50 bits per heavy atom. The molecular weight excluding hydrogens is 366 g/mol. The minimum Gasteiger partial charge on any atom is -0.342 e. The van der Waals surface area contributed by atoms with E-state index in [4.69, 9.17) is 0 Å². The number of aliphatic imine (C=N–C) groups is 1. The molecule has 1 aromatic heterocycles. The average Bonchev–Trinajstić information content (AvgIpc) is 3.43. The number of nitrogens with one attached hydrogen (secondary N) is 1. The van der Waals surface area contributed by atoms with Gasteiger partial charge in [0.15, 0.2) is 0 Å². The number of nitrogens with zero attached hydrogens (tertiary/aromatic N) is 2. The van der Waals surface area contributed by atoms with Crippen molar-refractivity contribution in [2.75, 3.05) is 0 Å². The molecule has 2 aliphatic rings. The number of hydrogen-bond acceptors (Lipinski definition) is 2. The Labute approximate surface area is 179 Å². The minimum absolute atomic E-state index is 0.412. The number of aromatic nitrogens is 2. The predicted molar refractivity (Wildman–Crippen MR) is 126 cm³/mol. The van der Waals surface area contributed by atoms with Crippen LogP contribution in [0.4, 0.5) is 0 Å². The third-order valence-electron chi connectivity index (χ3n) is 6.41. The maximum absolute atomic E-state index is 4.64. The molecule has 3 heteroatoms. The fourth-order valence-corrected chi connectivity index (χ4v) is 4.52. The summed E-state index contributed by atoms with van der Waals surface area (Å²) in [5.74, 6) is 1.98. The topological polar surface area (TPSA) is 41.0 Å². The largest absolute Gasteiger partial charge is 0.342 e. The molecule has 2 aromatic carbocycles. The van der Waals surface area contributed by atoms with E-state index in [2.05, 4.69) is 85.3 Å². The molecule has 0 bridgehead atoms. The lowest BCUT2D eigenvalue weighted by Gasteiger charge is -2.21. The highest BCUT2D eigenvalue weighted by Crippen LogP contribution is 2.38. The number of benzene rings is 2. The predicted octanol–water partition coefficient (Wildman–Crippen LogP) is 6.81. The summed E-state index contributed by atoms with van der Waals surface area (Å²) in [4.78, 5) is 12.6. The summed E-state index contributed by atoms with van der Waals surface area (Å²) in [6.07, 6.45) is 7.18. The lowest BCUT2D eigenvalue weighted by Crippen LogP contribution is -2.06. The Morgan fingerprint density at radius 3 is 2.10 bits per heavy atom. The molecule has 30 heavy (non-hydrogen) atoms. The molecule has 0 amide bonds. The summed E-state index contributed by atoms with van der Waals surface area (Å²) in [6.45, 7) is 8.78. The summed E-state index contributed by atoms with van der Waals surface area (Å²) in [6, 6.07) is 13.8. The van der Waals surface area contributed by atoms with Crippen molar-refractivity contribution in [3.8, 4) is 22.4 Å². The highest BCUT2D eigenvalue weighted by Gasteiger charge is 2.20. The van der Waals surface area contributed by atoms with E-state index in [1.54, 1.807) is 0 Å². The van der Waals surface area contributed by atoms with Crippen molar-refractivity contribution in [3.63, 3.8) is 0 Å². The fourth-order valence-electron chi connectivity index (χ4n) is 4.52. The maximum atomic E-state index is 4.64. The van der Waals surface area contributed by atoms with Gasteiger partial charge in [-0.3, -0.25) is 4.99 Å². The van der Waals surface area contributed by atoms with E-state index in [9.17, 15) is 0 Å². The van der Waals surface area contributed by atoms with Crippen molar-refractivity contribution in [1.82, 2.24) is 9.97 Å². The van der Waals surface area contributed by atoms with Crippen LogP contribution in [0.2, 0.25) is 0 Å². The second kappa shape index (κ2) is 7.39. The molecule has 1 N–H and O–H groups in total. The average molecular weight is 396 g/mol. The zero-order valence-electron chi connectivity index (χ0n) is 18.3. The van der Waals surface area contributed by atoms with Crippen molar-refractivity contribution >= 4 is 11.3 Å². The van der Waals surface area contributed by atoms with Crippen molar-refractivity contribution in [2.45, 2.75) is 52.9 Å². The van der Waals surface area contributed by atoms with Gasteiger partial charge in [0, 0.05) is 24.3 Å². The second-order valence-corrected chi connectivity index (χ2v) is 9.19. The highest BCUT2D eigenvalue weighted by atomic mass is 14.9. The molecule has 0 unspecified atom stereocenters. The number of fused-ring (bicyclic) bond motifs is 3. The van der Waals surface area contributed by atoms with Gasteiger partial charge >= 0.3 is 0 Å². The maximum Gasteiger partial charge on any atom is 0.109 e. The summed E-state index contributed by atoms with van der Waals surface area (Å²) < 4.78 is 0. The second-order valence-electron chi connectivity index (χ2n) is 9.19. The number of H-pyrrole nitrogens is 1. The van der Waals surface area contributed by atoms with Gasteiger partial charge in [0.1, 0.15) is 5.82 Å². The zero-order valence-corrected chi connectivity index (χ0v) is 18.3. The molecule has 1 aliphatic carbocycles. The first-order valence-corrected chi connectivity index (χ1v) is 11.1. The monoisotopic (exact) mass is 395 g/mol. The van der Waals surface area contributed by atoms with Gasteiger partial charge < -0.3 is 4.98 Å². The molecule has 0 fully saturated rings. The van der Waals surface area contributed by atoms with Gasteiger partial charge in [-0.05, 0) is 63.8 Å². The molecule has 3 aromatic rings. The van der Waals surface area contributed by atoms with Crippen LogP contribution in [-0.2, 0) is 12.8 Å². The van der Waals surface area contributed by atoms with Crippen LogP contribution in [0.15, 0.2) is 53.8 Å². The van der Waals surface area contributed by atoms with E-state index in [-0.39, 0.29) is 0 Å². The minimum atomic E-state index is 0.412. The normalized spacial score (nSPS) is 15.3. The molecule has 3 nitrogen and oxygen atoms in total. The first-order valence-electron chi connectivity index (χ1n) is 11.1. The highest BCUT2D eigenvalue weighted by molar-refractivity contribution is 5.99. The molecule has 0 atom stereocenters. The van der Waals surface area contributed by atoms with Crippen LogP contribution in [0.1, 0.15) is 62.5 Å². The van der Waals surface area contributed by atoms with Gasteiger partial charge in [-0.1, -0.05) is 58.0 Å². The third-order valence-corrected chi connectivity index (χ3v) is 6.41. The molecule has 2 heterocycles. The van der Waals surface area contributed by atoms with Crippen LogP contribution >= 0.6 is 0 Å². The number of imidazole rings is 1. The first kappa shape index (κ1) is 19.0. The molecule has 152 valence electrons. The number of hydrogen-bond donors (Lipinski definition) is 1. The van der Waals surface area contributed by atoms with Crippen LogP contribution < -0.4 is 0 Å². The van der Waals surface area contributed by atoms with E-state index in [1.807, 2.05) is 6.20 Å². The van der Waals surface area contributed by atoms with Crippen LogP contribution in [0, 0.1) is 5.92 Å². The van der Waals surface area contributed by atoms with Gasteiger partial charge in [0.05, 0.1) is 11.9 Å². The molecule has 0 radical (unpaired) electrons. The lowest BCUT2D eigenvalue weighted by atomic mass is 9.83. The smallest absolute Gasteiger partial charge is 0.109 e. The number of aromatic amines is 1. The van der Waals surface area contributed by atoms with Crippen LogP contribution in [0.3, 0.4) is 0 Å². The molecular formula is C27H29N3. The molecule has 0 saturated heterocycles. The number of allylic oxidation sites excluding steroid dienone is 1. The van der Waals surface area contributed by atoms with Crippen molar-refractivity contribution in [1.29, 1.82) is 0 Å². The van der Waals surface area contributed by atoms with Crippen LogP contribution in [0.25, 0.3) is 28.0 Å². The number of aryl methyl sites for hydroxylation is 2. The van der Waals surface area contributed by atoms with Gasteiger partial charge in [-0.25, -0.2) is 4.98 Å². The van der Waals surface area contributed by atoms with E-state index < -0.39 is 0 Å². The summed E-state index contributed by atoms with van der Waals surface area (Å²) in [5.41, 5.74) is 11.9. The summed E-state index contributed by atoms with van der Waals surface area (Å²) >= 11 is 0. The Balaban J connectivity index is 1.43. The van der Waals surface area contributed by atoms with Crippen LogP contribution in [0.5, 0.6) is 0 Å². The van der Waals surface area contributed by atoms with Crippen LogP contribution in [-0.4, -0.2) is 15.7 Å². The van der Waals surface area contributed by atoms with Crippen molar-refractivity contribution in [2.24, 2.45) is 10.9 Å². The standard InChI is InChI=1S/C27H29N3/c1-16(2)25-13-22(14-28-25)18-7-9-23-19(11-18)5-6-20-12-21(8-10-24(20)23)26-15-29-27(30-26)17(3)4/h7-12,14-17H,5-6,13H2,1-4H3,(H,29,30). The summed E-state index contributed by atoms with van der Waals surface area (Å²) in [7, 11) is 0. The molecule has 5 rings (SSSR count). The van der Waals surface area contributed by atoms with Gasteiger partial charge in [-0.15, -0.1) is 0 Å². The van der Waals surface area contributed by atoms with E-state index in [0.29, 0.717) is 11.8 Å². The lowest BCUT2D eigenvalue weighted by molar-refractivity contribution is 0.795. The number of rotatable bonds is 4. The van der Waals surface area contributed by atoms with Crippen molar-refractivity contribution in [3.05, 3.63) is 71.3 Å².